The van der Waals surface area contributed by atoms with Gasteiger partial charge in [-0.1, -0.05) is 11.6 Å². The number of hydrogen-bond acceptors (Lipinski definition) is 4. The quantitative estimate of drug-likeness (QED) is 0.947. The van der Waals surface area contributed by atoms with Gasteiger partial charge in [0.25, 0.3) is 5.91 Å². The number of halogens is 1. The fourth-order valence-electron chi connectivity index (χ4n) is 1.68. The molecule has 1 N–H and O–H groups in total. The van der Waals surface area contributed by atoms with E-state index in [0.717, 1.165) is 10.7 Å². The zero-order valence-electron chi connectivity index (χ0n) is 10.6. The number of hydrogen-bond donors (Lipinski definition) is 1. The van der Waals surface area contributed by atoms with Crippen LogP contribution < -0.4 is 0 Å². The molecular formula is C13H13ClN2O2S. The molecular weight excluding hydrogens is 284 g/mol. The van der Waals surface area contributed by atoms with Crippen molar-refractivity contribution in [1.29, 1.82) is 0 Å². The van der Waals surface area contributed by atoms with Crippen LogP contribution >= 0.6 is 22.9 Å². The SMILES string of the molecule is Cc1nc(CN(C)C(=O)c2cc(Cl)ccc2O)cs1. The lowest BCUT2D eigenvalue weighted by atomic mass is 10.1. The standard InChI is InChI=1S/C13H13ClN2O2S/c1-8-15-10(7-19-8)6-16(2)13(18)11-5-9(14)3-4-12(11)17/h3-5,7,17H,6H2,1-2H3. The summed E-state index contributed by atoms with van der Waals surface area (Å²) >= 11 is 7.38. The van der Waals surface area contributed by atoms with Crippen LogP contribution in [0.5, 0.6) is 5.75 Å². The minimum atomic E-state index is -0.286. The third-order valence-corrected chi connectivity index (χ3v) is 3.66. The number of phenolic OH excluding ortho intramolecular Hbond substituents is 1. The van der Waals surface area contributed by atoms with E-state index in [1.807, 2.05) is 12.3 Å². The van der Waals surface area contributed by atoms with Gasteiger partial charge in [-0.2, -0.15) is 0 Å². The molecule has 100 valence electrons. The Morgan fingerprint density at radius 1 is 1.53 bits per heavy atom. The molecule has 6 heteroatoms. The van der Waals surface area contributed by atoms with E-state index in [2.05, 4.69) is 4.98 Å². The Balaban J connectivity index is 2.16. The zero-order valence-corrected chi connectivity index (χ0v) is 12.1. The summed E-state index contributed by atoms with van der Waals surface area (Å²) in [6, 6.07) is 4.41. The maximum Gasteiger partial charge on any atom is 0.257 e. The Kier molecular flexibility index (Phi) is 4.07. The van der Waals surface area contributed by atoms with Crippen molar-refractivity contribution in [2.24, 2.45) is 0 Å². The number of aryl methyl sites for hydroxylation is 1. The van der Waals surface area contributed by atoms with Gasteiger partial charge in [0.1, 0.15) is 5.75 Å². The van der Waals surface area contributed by atoms with Crippen molar-refractivity contribution < 1.29 is 9.90 Å². The molecule has 0 aliphatic heterocycles. The van der Waals surface area contributed by atoms with Gasteiger partial charge < -0.3 is 10.0 Å². The van der Waals surface area contributed by atoms with Crippen LogP contribution in [0.1, 0.15) is 21.1 Å². The first kappa shape index (κ1) is 13.8. The summed E-state index contributed by atoms with van der Waals surface area (Å²) in [4.78, 5) is 18.0. The number of thiazole rings is 1. The van der Waals surface area contributed by atoms with E-state index >= 15 is 0 Å². The predicted octanol–water partition coefficient (Wildman–Crippen LogP) is 3.08. The van der Waals surface area contributed by atoms with Crippen LogP contribution in [0.3, 0.4) is 0 Å². The lowest BCUT2D eigenvalue weighted by Crippen LogP contribution is -2.26. The van der Waals surface area contributed by atoms with Crippen LogP contribution in [0.4, 0.5) is 0 Å². The Bertz CT molecular complexity index is 612. The number of phenols is 1. The van der Waals surface area contributed by atoms with E-state index in [-0.39, 0.29) is 17.2 Å². The van der Waals surface area contributed by atoms with Crippen molar-refractivity contribution in [2.75, 3.05) is 7.05 Å². The highest BCUT2D eigenvalue weighted by Crippen LogP contribution is 2.23. The maximum atomic E-state index is 12.2. The number of rotatable bonds is 3. The highest BCUT2D eigenvalue weighted by molar-refractivity contribution is 7.09. The smallest absolute Gasteiger partial charge is 0.257 e. The van der Waals surface area contributed by atoms with E-state index in [1.54, 1.807) is 7.05 Å². The molecule has 0 bridgehead atoms. The fraction of sp³-hybridized carbons (Fsp3) is 0.231. The number of carbonyl (C=O) groups excluding carboxylic acids is 1. The van der Waals surface area contributed by atoms with Crippen LogP contribution in [-0.4, -0.2) is 27.9 Å². The second-order valence-corrected chi connectivity index (χ2v) is 5.68. The molecule has 1 aromatic heterocycles. The summed E-state index contributed by atoms with van der Waals surface area (Å²) in [5.41, 5.74) is 1.03. The zero-order chi connectivity index (χ0) is 14.0. The van der Waals surface area contributed by atoms with E-state index < -0.39 is 0 Å². The monoisotopic (exact) mass is 296 g/mol. The van der Waals surface area contributed by atoms with E-state index in [0.29, 0.717) is 11.6 Å². The molecule has 0 spiro atoms. The Morgan fingerprint density at radius 3 is 2.89 bits per heavy atom. The van der Waals surface area contributed by atoms with E-state index in [1.165, 1.54) is 34.4 Å². The molecule has 0 radical (unpaired) electrons. The molecule has 1 aromatic carbocycles. The molecule has 0 saturated carbocycles. The molecule has 0 saturated heterocycles. The lowest BCUT2D eigenvalue weighted by molar-refractivity contribution is 0.0780. The minimum Gasteiger partial charge on any atom is -0.507 e. The lowest BCUT2D eigenvalue weighted by Gasteiger charge is -2.16. The third-order valence-electron chi connectivity index (χ3n) is 2.60. The molecule has 0 unspecified atom stereocenters. The molecule has 2 aromatic rings. The van der Waals surface area contributed by atoms with Crippen LogP contribution in [0.15, 0.2) is 23.6 Å². The number of aromatic hydroxyl groups is 1. The number of aromatic nitrogens is 1. The summed E-state index contributed by atoms with van der Waals surface area (Å²) in [5, 5.41) is 13.0. The first-order valence-corrected chi connectivity index (χ1v) is 6.88. The molecule has 19 heavy (non-hydrogen) atoms. The van der Waals surface area contributed by atoms with Gasteiger partial charge in [-0.3, -0.25) is 4.79 Å². The summed E-state index contributed by atoms with van der Waals surface area (Å²) in [6.45, 7) is 2.31. The molecule has 2 rings (SSSR count). The summed E-state index contributed by atoms with van der Waals surface area (Å²) in [7, 11) is 1.66. The van der Waals surface area contributed by atoms with Gasteiger partial charge in [0.15, 0.2) is 0 Å². The molecule has 0 aliphatic carbocycles. The Morgan fingerprint density at radius 2 is 2.26 bits per heavy atom. The molecule has 0 aliphatic rings. The maximum absolute atomic E-state index is 12.2. The fourth-order valence-corrected chi connectivity index (χ4v) is 2.46. The van der Waals surface area contributed by atoms with Crippen molar-refractivity contribution in [3.8, 4) is 5.75 Å². The normalized spacial score (nSPS) is 10.5. The van der Waals surface area contributed by atoms with Crippen LogP contribution in [0.25, 0.3) is 0 Å². The average Bonchev–Trinajstić information content (AvgIpc) is 2.77. The van der Waals surface area contributed by atoms with Crippen molar-refractivity contribution in [3.63, 3.8) is 0 Å². The largest absolute Gasteiger partial charge is 0.507 e. The molecule has 0 atom stereocenters. The highest BCUT2D eigenvalue weighted by atomic mass is 35.5. The van der Waals surface area contributed by atoms with Crippen molar-refractivity contribution in [1.82, 2.24) is 9.88 Å². The van der Waals surface area contributed by atoms with Gasteiger partial charge in [-0.15, -0.1) is 11.3 Å². The Labute approximate surface area is 120 Å². The predicted molar refractivity (Wildman–Crippen MR) is 75.8 cm³/mol. The van der Waals surface area contributed by atoms with Crippen molar-refractivity contribution >= 4 is 28.8 Å². The van der Waals surface area contributed by atoms with E-state index in [4.69, 9.17) is 11.6 Å². The van der Waals surface area contributed by atoms with Crippen LogP contribution in [0.2, 0.25) is 5.02 Å². The average molecular weight is 297 g/mol. The third kappa shape index (κ3) is 3.24. The number of carbonyl (C=O) groups is 1. The van der Waals surface area contributed by atoms with Crippen LogP contribution in [-0.2, 0) is 6.54 Å². The van der Waals surface area contributed by atoms with Crippen molar-refractivity contribution in [3.05, 3.63) is 44.9 Å². The number of amides is 1. The highest BCUT2D eigenvalue weighted by Gasteiger charge is 2.17. The second-order valence-electron chi connectivity index (χ2n) is 4.18. The Hall–Kier alpha value is -1.59. The first-order valence-electron chi connectivity index (χ1n) is 5.62. The van der Waals surface area contributed by atoms with Gasteiger partial charge in [0.2, 0.25) is 0 Å². The van der Waals surface area contributed by atoms with Gasteiger partial charge in [0.05, 0.1) is 22.8 Å². The molecule has 1 amide bonds. The second kappa shape index (κ2) is 5.59. The minimum absolute atomic E-state index is 0.0734. The van der Waals surface area contributed by atoms with Crippen molar-refractivity contribution in [2.45, 2.75) is 13.5 Å². The molecule has 0 fully saturated rings. The summed E-state index contributed by atoms with van der Waals surface area (Å²) in [6.07, 6.45) is 0. The van der Waals surface area contributed by atoms with E-state index in [9.17, 15) is 9.90 Å². The first-order chi connectivity index (χ1) is 8.97. The van der Waals surface area contributed by atoms with Gasteiger partial charge in [-0.25, -0.2) is 4.98 Å². The van der Waals surface area contributed by atoms with Gasteiger partial charge in [0, 0.05) is 17.5 Å². The number of benzene rings is 1. The summed E-state index contributed by atoms with van der Waals surface area (Å²) < 4.78 is 0. The van der Waals surface area contributed by atoms with Crippen LogP contribution in [0, 0.1) is 6.92 Å². The molecule has 1 heterocycles. The van der Waals surface area contributed by atoms with Gasteiger partial charge >= 0.3 is 0 Å². The topological polar surface area (TPSA) is 53.4 Å². The molecule has 4 nitrogen and oxygen atoms in total. The van der Waals surface area contributed by atoms with Gasteiger partial charge in [-0.05, 0) is 25.1 Å². The number of nitrogens with zero attached hydrogens (tertiary/aromatic N) is 2. The summed E-state index contributed by atoms with van der Waals surface area (Å²) in [5.74, 6) is -0.360.